The Hall–Kier alpha value is -2.86. The second-order valence-corrected chi connectivity index (χ2v) is 5.67. The number of rotatable bonds is 5. The van der Waals surface area contributed by atoms with Gasteiger partial charge in [0, 0.05) is 6.42 Å². The van der Waals surface area contributed by atoms with Crippen LogP contribution in [0.4, 0.5) is 0 Å². The maximum atomic E-state index is 12.6. The van der Waals surface area contributed by atoms with Crippen LogP contribution in [0.25, 0.3) is 0 Å². The maximum absolute atomic E-state index is 12.6. The van der Waals surface area contributed by atoms with Crippen molar-refractivity contribution in [2.24, 2.45) is 5.73 Å². The molecule has 0 saturated heterocycles. The number of fused-ring (bicyclic) bond motifs is 1. The number of hydrogen-bond donors (Lipinski definition) is 3. The molecule has 0 heterocycles. The summed E-state index contributed by atoms with van der Waals surface area (Å²) < 4.78 is 5.28. The van der Waals surface area contributed by atoms with Gasteiger partial charge in [-0.2, -0.15) is 0 Å². The van der Waals surface area contributed by atoms with Gasteiger partial charge in [0.2, 0.25) is 0 Å². The molecule has 0 fully saturated rings. The predicted molar refractivity (Wildman–Crippen MR) is 87.5 cm³/mol. The Bertz CT molecular complexity index is 775. The SMILES string of the molecule is NC(=O)COc1ccccc1C(=O)NC1c2ccccc2CC1O. The Morgan fingerprint density at radius 1 is 1.17 bits per heavy atom. The summed E-state index contributed by atoms with van der Waals surface area (Å²) in [6.45, 7) is -0.306. The second-order valence-electron chi connectivity index (χ2n) is 5.67. The normalized spacial score (nSPS) is 18.7. The van der Waals surface area contributed by atoms with Crippen molar-refractivity contribution < 1.29 is 19.4 Å². The Morgan fingerprint density at radius 2 is 1.88 bits per heavy atom. The molecule has 0 aromatic heterocycles. The number of aliphatic hydroxyl groups excluding tert-OH is 1. The van der Waals surface area contributed by atoms with E-state index in [1.807, 2.05) is 24.3 Å². The lowest BCUT2D eigenvalue weighted by Gasteiger charge is -2.19. The Balaban J connectivity index is 1.80. The first-order chi connectivity index (χ1) is 11.6. The fraction of sp³-hybridized carbons (Fsp3) is 0.222. The molecular weight excluding hydrogens is 308 g/mol. The molecule has 0 saturated carbocycles. The van der Waals surface area contributed by atoms with E-state index in [0.29, 0.717) is 6.42 Å². The van der Waals surface area contributed by atoms with Crippen molar-refractivity contribution in [3.63, 3.8) is 0 Å². The van der Waals surface area contributed by atoms with Crippen LogP contribution in [-0.2, 0) is 11.2 Å². The molecule has 0 spiro atoms. The van der Waals surface area contributed by atoms with Gasteiger partial charge in [-0.25, -0.2) is 0 Å². The number of primary amides is 1. The number of benzene rings is 2. The molecule has 1 aliphatic carbocycles. The number of para-hydroxylation sites is 1. The summed E-state index contributed by atoms with van der Waals surface area (Å²) in [7, 11) is 0. The molecular formula is C18H18N2O4. The number of ether oxygens (including phenoxy) is 1. The zero-order valence-electron chi connectivity index (χ0n) is 12.9. The average Bonchev–Trinajstić information content (AvgIpc) is 2.89. The quantitative estimate of drug-likeness (QED) is 0.761. The highest BCUT2D eigenvalue weighted by molar-refractivity contribution is 5.97. The Morgan fingerprint density at radius 3 is 2.67 bits per heavy atom. The van der Waals surface area contributed by atoms with E-state index in [-0.39, 0.29) is 23.8 Å². The van der Waals surface area contributed by atoms with E-state index in [1.165, 1.54) is 0 Å². The molecule has 2 atom stereocenters. The maximum Gasteiger partial charge on any atom is 0.255 e. The van der Waals surface area contributed by atoms with Crippen LogP contribution in [0.15, 0.2) is 48.5 Å². The zero-order chi connectivity index (χ0) is 17.1. The molecule has 3 rings (SSSR count). The minimum atomic E-state index is -0.676. The number of nitrogens with two attached hydrogens (primary N) is 1. The number of carbonyl (C=O) groups is 2. The third-order valence-electron chi connectivity index (χ3n) is 3.99. The fourth-order valence-electron chi connectivity index (χ4n) is 2.90. The minimum absolute atomic E-state index is 0.273. The summed E-state index contributed by atoms with van der Waals surface area (Å²) >= 11 is 0. The van der Waals surface area contributed by atoms with Gasteiger partial charge in [-0.1, -0.05) is 36.4 Å². The van der Waals surface area contributed by atoms with Crippen molar-refractivity contribution in [1.29, 1.82) is 0 Å². The first-order valence-corrected chi connectivity index (χ1v) is 7.63. The highest BCUT2D eigenvalue weighted by atomic mass is 16.5. The molecule has 0 bridgehead atoms. The summed E-state index contributed by atoms with van der Waals surface area (Å²) in [5.41, 5.74) is 7.29. The highest BCUT2D eigenvalue weighted by Gasteiger charge is 2.32. The van der Waals surface area contributed by atoms with E-state index in [1.54, 1.807) is 24.3 Å². The van der Waals surface area contributed by atoms with E-state index in [4.69, 9.17) is 10.5 Å². The number of amides is 2. The number of carbonyl (C=O) groups excluding carboxylic acids is 2. The lowest BCUT2D eigenvalue weighted by molar-refractivity contribution is -0.119. The molecule has 1 aliphatic rings. The van der Waals surface area contributed by atoms with E-state index < -0.39 is 18.1 Å². The van der Waals surface area contributed by atoms with Gasteiger partial charge in [0.05, 0.1) is 17.7 Å². The van der Waals surface area contributed by atoms with Crippen LogP contribution in [0.5, 0.6) is 5.75 Å². The third kappa shape index (κ3) is 3.23. The third-order valence-corrected chi connectivity index (χ3v) is 3.99. The minimum Gasteiger partial charge on any atom is -0.483 e. The molecule has 0 radical (unpaired) electrons. The van der Waals surface area contributed by atoms with Crippen LogP contribution in [-0.4, -0.2) is 29.6 Å². The molecule has 2 aromatic rings. The van der Waals surface area contributed by atoms with Crippen LogP contribution in [0.3, 0.4) is 0 Å². The van der Waals surface area contributed by atoms with Crippen LogP contribution < -0.4 is 15.8 Å². The molecule has 2 aromatic carbocycles. The lowest BCUT2D eigenvalue weighted by Crippen LogP contribution is -2.34. The summed E-state index contributed by atoms with van der Waals surface area (Å²) in [5, 5.41) is 13.1. The van der Waals surface area contributed by atoms with Crippen molar-refractivity contribution in [3.05, 3.63) is 65.2 Å². The smallest absolute Gasteiger partial charge is 0.255 e. The lowest BCUT2D eigenvalue weighted by atomic mass is 10.1. The monoisotopic (exact) mass is 326 g/mol. The van der Waals surface area contributed by atoms with Crippen LogP contribution in [0.2, 0.25) is 0 Å². The molecule has 2 amide bonds. The van der Waals surface area contributed by atoms with Crippen LogP contribution in [0, 0.1) is 0 Å². The number of aliphatic hydroxyl groups is 1. The second kappa shape index (κ2) is 6.72. The molecule has 6 nitrogen and oxygen atoms in total. The number of hydrogen-bond acceptors (Lipinski definition) is 4. The van der Waals surface area contributed by atoms with E-state index in [2.05, 4.69) is 5.32 Å². The van der Waals surface area contributed by atoms with E-state index in [0.717, 1.165) is 11.1 Å². The molecule has 6 heteroatoms. The summed E-state index contributed by atoms with van der Waals surface area (Å²) in [6, 6.07) is 13.7. The van der Waals surface area contributed by atoms with Gasteiger partial charge < -0.3 is 20.9 Å². The average molecular weight is 326 g/mol. The summed E-state index contributed by atoms with van der Waals surface area (Å²) in [5.74, 6) is -0.726. The molecule has 124 valence electrons. The van der Waals surface area contributed by atoms with Crippen LogP contribution in [0.1, 0.15) is 27.5 Å². The topological polar surface area (TPSA) is 102 Å². The van der Waals surface area contributed by atoms with Crippen molar-refractivity contribution in [2.45, 2.75) is 18.6 Å². The Labute approximate surface area is 139 Å². The van der Waals surface area contributed by atoms with Crippen molar-refractivity contribution in [2.75, 3.05) is 6.61 Å². The first-order valence-electron chi connectivity index (χ1n) is 7.63. The van der Waals surface area contributed by atoms with Crippen molar-refractivity contribution >= 4 is 11.8 Å². The van der Waals surface area contributed by atoms with Gasteiger partial charge in [-0.05, 0) is 23.3 Å². The largest absolute Gasteiger partial charge is 0.483 e. The van der Waals surface area contributed by atoms with E-state index in [9.17, 15) is 14.7 Å². The molecule has 2 unspecified atom stereocenters. The van der Waals surface area contributed by atoms with Gasteiger partial charge >= 0.3 is 0 Å². The highest BCUT2D eigenvalue weighted by Crippen LogP contribution is 2.32. The number of nitrogens with one attached hydrogen (secondary N) is 1. The standard InChI is InChI=1S/C18H18N2O4/c19-16(22)10-24-15-8-4-3-7-13(15)18(23)20-17-12-6-2-1-5-11(12)9-14(17)21/h1-8,14,17,21H,9-10H2,(H2,19,22)(H,20,23). The summed E-state index contributed by atoms with van der Waals surface area (Å²) in [6.07, 6.45) is -0.175. The van der Waals surface area contributed by atoms with Gasteiger partial charge in [0.15, 0.2) is 6.61 Å². The van der Waals surface area contributed by atoms with Gasteiger partial charge in [0.25, 0.3) is 11.8 Å². The summed E-state index contributed by atoms with van der Waals surface area (Å²) in [4.78, 5) is 23.5. The predicted octanol–water partition coefficient (Wildman–Crippen LogP) is 0.939. The van der Waals surface area contributed by atoms with Gasteiger partial charge in [0.1, 0.15) is 5.75 Å². The molecule has 4 N–H and O–H groups in total. The molecule has 0 aliphatic heterocycles. The van der Waals surface area contributed by atoms with Crippen molar-refractivity contribution in [1.82, 2.24) is 5.32 Å². The van der Waals surface area contributed by atoms with Crippen molar-refractivity contribution in [3.8, 4) is 5.75 Å². The fourth-order valence-corrected chi connectivity index (χ4v) is 2.90. The van der Waals surface area contributed by atoms with Gasteiger partial charge in [-0.15, -0.1) is 0 Å². The Kier molecular flexibility index (Phi) is 4.48. The molecule has 24 heavy (non-hydrogen) atoms. The van der Waals surface area contributed by atoms with Gasteiger partial charge in [-0.3, -0.25) is 9.59 Å². The first kappa shape index (κ1) is 16.0. The van der Waals surface area contributed by atoms with Crippen LogP contribution >= 0.6 is 0 Å². The van der Waals surface area contributed by atoms with E-state index >= 15 is 0 Å². The zero-order valence-corrected chi connectivity index (χ0v) is 12.9.